The van der Waals surface area contributed by atoms with Gasteiger partial charge >= 0.3 is 0 Å². The lowest BCUT2D eigenvalue weighted by Crippen LogP contribution is -2.46. The van der Waals surface area contributed by atoms with E-state index in [0.29, 0.717) is 18.9 Å². The number of aryl methyl sites for hydroxylation is 1. The van der Waals surface area contributed by atoms with Gasteiger partial charge in [-0.15, -0.1) is 0 Å². The number of anilines is 1. The van der Waals surface area contributed by atoms with E-state index >= 15 is 0 Å². The Morgan fingerprint density at radius 2 is 1.80 bits per heavy atom. The lowest BCUT2D eigenvalue weighted by atomic mass is 10.1. The van der Waals surface area contributed by atoms with Gasteiger partial charge in [-0.25, -0.2) is 4.39 Å². The highest BCUT2D eigenvalue weighted by molar-refractivity contribution is 5.46. The van der Waals surface area contributed by atoms with Crippen LogP contribution in [-0.4, -0.2) is 31.1 Å². The van der Waals surface area contributed by atoms with Crippen LogP contribution >= 0.6 is 0 Å². The molecule has 6 heteroatoms. The van der Waals surface area contributed by atoms with Crippen LogP contribution in [0.2, 0.25) is 0 Å². The topological polar surface area (TPSA) is 45.9 Å². The molecule has 5 nitrogen and oxygen atoms in total. The van der Waals surface area contributed by atoms with Gasteiger partial charge in [0, 0.05) is 37.9 Å². The number of ether oxygens (including phenoxy) is 1. The van der Waals surface area contributed by atoms with Gasteiger partial charge < -0.3 is 14.1 Å². The Morgan fingerprint density at radius 3 is 2.50 bits per heavy atom. The van der Waals surface area contributed by atoms with Gasteiger partial charge in [0.1, 0.15) is 24.4 Å². The summed E-state index contributed by atoms with van der Waals surface area (Å²) < 4.78 is 24.4. The molecule has 1 saturated heterocycles. The molecular weight excluding hydrogens is 383 g/mol. The van der Waals surface area contributed by atoms with Gasteiger partial charge in [0.15, 0.2) is 0 Å². The highest BCUT2D eigenvalue weighted by Crippen LogP contribution is 2.18. The van der Waals surface area contributed by atoms with Crippen LogP contribution in [0.1, 0.15) is 16.9 Å². The van der Waals surface area contributed by atoms with Crippen molar-refractivity contribution in [1.29, 1.82) is 0 Å². The molecular formula is C24H25FN2O3. The van der Waals surface area contributed by atoms with E-state index in [1.165, 1.54) is 24.5 Å². The van der Waals surface area contributed by atoms with Crippen LogP contribution < -0.4 is 15.1 Å². The second kappa shape index (κ2) is 9.13. The minimum atomic E-state index is -0.223. The minimum absolute atomic E-state index is 0.172. The Bertz CT molecular complexity index is 1040. The number of rotatable bonds is 6. The van der Waals surface area contributed by atoms with Crippen molar-refractivity contribution >= 4 is 5.69 Å². The van der Waals surface area contributed by atoms with Gasteiger partial charge in [0.25, 0.3) is 0 Å². The molecule has 0 saturated carbocycles. The smallest absolute Gasteiger partial charge is 0.227 e. The molecule has 1 aliphatic rings. The van der Waals surface area contributed by atoms with Crippen LogP contribution in [0, 0.1) is 12.7 Å². The molecule has 4 rings (SSSR count). The van der Waals surface area contributed by atoms with Crippen molar-refractivity contribution in [3.05, 3.63) is 93.8 Å². The molecule has 1 aliphatic heterocycles. The largest absolute Gasteiger partial charge is 0.482 e. The fraction of sp³-hybridized carbons (Fsp3) is 0.292. The summed E-state index contributed by atoms with van der Waals surface area (Å²) in [6.45, 7) is 6.29. The van der Waals surface area contributed by atoms with Gasteiger partial charge in [0.2, 0.25) is 11.2 Å². The van der Waals surface area contributed by atoms with Crippen molar-refractivity contribution in [2.45, 2.75) is 20.1 Å². The van der Waals surface area contributed by atoms with Crippen LogP contribution in [-0.2, 0) is 13.2 Å². The van der Waals surface area contributed by atoms with Crippen molar-refractivity contribution in [1.82, 2.24) is 4.90 Å². The van der Waals surface area contributed by atoms with Gasteiger partial charge in [-0.1, -0.05) is 29.8 Å². The Kier molecular flexibility index (Phi) is 6.14. The van der Waals surface area contributed by atoms with E-state index in [0.717, 1.165) is 43.0 Å². The standard InChI is InChI=1S/C24H25FN2O3/c1-18-3-2-4-19(13-18)16-30-24-17-29-22(14-23(24)28)15-26-9-11-27(12-10-26)21-7-5-20(25)6-8-21/h2-8,13-14,17H,9-12,15-16H2,1H3. The molecule has 0 radical (unpaired) electrons. The summed E-state index contributed by atoms with van der Waals surface area (Å²) in [6, 6.07) is 16.1. The number of piperazine rings is 1. The Hall–Kier alpha value is -3.12. The first kappa shape index (κ1) is 20.2. The maximum atomic E-state index is 13.1. The number of hydrogen-bond acceptors (Lipinski definition) is 5. The van der Waals surface area contributed by atoms with Crippen LogP contribution in [0.3, 0.4) is 0 Å². The van der Waals surface area contributed by atoms with Crippen molar-refractivity contribution < 1.29 is 13.5 Å². The van der Waals surface area contributed by atoms with E-state index in [4.69, 9.17) is 9.15 Å². The SMILES string of the molecule is Cc1cccc(COc2coc(CN3CCN(c4ccc(F)cc4)CC3)cc2=O)c1. The first-order valence-electron chi connectivity index (χ1n) is 10.1. The summed E-state index contributed by atoms with van der Waals surface area (Å²) in [7, 11) is 0. The zero-order chi connectivity index (χ0) is 20.9. The van der Waals surface area contributed by atoms with Gasteiger partial charge in [-0.2, -0.15) is 0 Å². The number of halogens is 1. The summed E-state index contributed by atoms with van der Waals surface area (Å²) >= 11 is 0. The number of nitrogens with zero attached hydrogens (tertiary/aromatic N) is 2. The number of hydrogen-bond donors (Lipinski definition) is 0. The molecule has 2 heterocycles. The Balaban J connectivity index is 1.30. The summed E-state index contributed by atoms with van der Waals surface area (Å²) in [5.41, 5.74) is 3.02. The van der Waals surface area contributed by atoms with Crippen molar-refractivity contribution in [2.24, 2.45) is 0 Å². The lowest BCUT2D eigenvalue weighted by molar-refractivity contribution is 0.224. The fourth-order valence-corrected chi connectivity index (χ4v) is 3.63. The molecule has 0 bridgehead atoms. The first-order chi connectivity index (χ1) is 14.6. The van der Waals surface area contributed by atoms with Crippen molar-refractivity contribution in [2.75, 3.05) is 31.1 Å². The van der Waals surface area contributed by atoms with E-state index in [2.05, 4.69) is 9.80 Å². The summed E-state index contributed by atoms with van der Waals surface area (Å²) in [5, 5.41) is 0. The third-order valence-electron chi connectivity index (χ3n) is 5.27. The van der Waals surface area contributed by atoms with Crippen LogP contribution in [0.5, 0.6) is 5.75 Å². The molecule has 0 unspecified atom stereocenters. The zero-order valence-electron chi connectivity index (χ0n) is 17.0. The predicted octanol–water partition coefficient (Wildman–Crippen LogP) is 3.99. The normalized spacial score (nSPS) is 14.7. The molecule has 3 aromatic rings. The third kappa shape index (κ3) is 5.07. The summed E-state index contributed by atoms with van der Waals surface area (Å²) in [6.07, 6.45) is 1.40. The molecule has 2 aromatic carbocycles. The van der Waals surface area contributed by atoms with Crippen LogP contribution in [0.4, 0.5) is 10.1 Å². The van der Waals surface area contributed by atoms with E-state index in [9.17, 15) is 9.18 Å². The molecule has 1 fully saturated rings. The predicted molar refractivity (Wildman–Crippen MR) is 114 cm³/mol. The second-order valence-electron chi connectivity index (χ2n) is 7.59. The maximum absolute atomic E-state index is 13.1. The van der Waals surface area contributed by atoms with Gasteiger partial charge in [-0.05, 0) is 36.8 Å². The van der Waals surface area contributed by atoms with Crippen molar-refractivity contribution in [3.63, 3.8) is 0 Å². The molecule has 0 aliphatic carbocycles. The van der Waals surface area contributed by atoms with Gasteiger partial charge in [0.05, 0.1) is 6.54 Å². The van der Waals surface area contributed by atoms with Crippen LogP contribution in [0.15, 0.2) is 70.1 Å². The number of benzene rings is 2. The lowest BCUT2D eigenvalue weighted by Gasteiger charge is -2.35. The molecule has 0 spiro atoms. The van der Waals surface area contributed by atoms with E-state index < -0.39 is 0 Å². The summed E-state index contributed by atoms with van der Waals surface area (Å²) in [4.78, 5) is 16.9. The molecule has 156 valence electrons. The quantitative estimate of drug-likeness (QED) is 0.617. The maximum Gasteiger partial charge on any atom is 0.227 e. The molecule has 1 aromatic heterocycles. The van der Waals surface area contributed by atoms with Crippen molar-refractivity contribution in [3.8, 4) is 5.75 Å². The molecule has 0 N–H and O–H groups in total. The Morgan fingerprint density at radius 1 is 1.03 bits per heavy atom. The first-order valence-corrected chi connectivity index (χ1v) is 10.1. The highest BCUT2D eigenvalue weighted by atomic mass is 19.1. The fourth-order valence-electron chi connectivity index (χ4n) is 3.63. The molecule has 30 heavy (non-hydrogen) atoms. The monoisotopic (exact) mass is 408 g/mol. The summed E-state index contributed by atoms with van der Waals surface area (Å²) in [5.74, 6) is 0.623. The second-order valence-corrected chi connectivity index (χ2v) is 7.59. The molecule has 0 amide bonds. The average Bonchev–Trinajstić information content (AvgIpc) is 2.74. The Labute approximate surface area is 175 Å². The average molecular weight is 408 g/mol. The van der Waals surface area contributed by atoms with E-state index in [1.54, 1.807) is 12.1 Å². The van der Waals surface area contributed by atoms with Crippen LogP contribution in [0.25, 0.3) is 0 Å². The van der Waals surface area contributed by atoms with E-state index in [-0.39, 0.29) is 17.0 Å². The molecule has 0 atom stereocenters. The van der Waals surface area contributed by atoms with Gasteiger partial charge in [-0.3, -0.25) is 9.69 Å². The van der Waals surface area contributed by atoms with E-state index in [1.807, 2.05) is 31.2 Å². The zero-order valence-corrected chi connectivity index (χ0v) is 17.0. The highest BCUT2D eigenvalue weighted by Gasteiger charge is 2.18. The minimum Gasteiger partial charge on any atom is -0.482 e. The third-order valence-corrected chi connectivity index (χ3v) is 5.27.